The van der Waals surface area contributed by atoms with Crippen LogP contribution in [0.1, 0.15) is 12.0 Å². The first kappa shape index (κ1) is 18.9. The molecule has 3 heterocycles. The monoisotopic (exact) mass is 392 g/mol. The quantitative estimate of drug-likeness (QED) is 0.682. The Kier molecular flexibility index (Phi) is 5.12. The lowest BCUT2D eigenvalue weighted by Gasteiger charge is -2.30. The van der Waals surface area contributed by atoms with Gasteiger partial charge in [0.05, 0.1) is 12.8 Å². The van der Waals surface area contributed by atoms with Crippen LogP contribution in [0.5, 0.6) is 5.75 Å². The fourth-order valence-corrected chi connectivity index (χ4v) is 3.52. The van der Waals surface area contributed by atoms with E-state index in [0.29, 0.717) is 23.9 Å². The standard InChI is InChI=1S/C22H21FN4O2/c1-26-21(28)13-19(15-7-9-24-10-8-15)25-22(26)27-11-3-4-16(14-27)18-6-5-17(23)12-20(18)29-2/h4-10,12-13H,3,11,14H2,1-2H3. The number of nitrogens with zero attached hydrogens (tertiary/aromatic N) is 4. The summed E-state index contributed by atoms with van der Waals surface area (Å²) in [5, 5.41) is 0. The Hall–Kier alpha value is -3.48. The van der Waals surface area contributed by atoms with Gasteiger partial charge in [0.2, 0.25) is 5.95 Å². The number of rotatable bonds is 4. The van der Waals surface area contributed by atoms with Gasteiger partial charge in [0, 0.05) is 55.8 Å². The molecule has 29 heavy (non-hydrogen) atoms. The third-order valence-electron chi connectivity index (χ3n) is 5.03. The van der Waals surface area contributed by atoms with Crippen LogP contribution in [0.3, 0.4) is 0 Å². The van der Waals surface area contributed by atoms with E-state index in [0.717, 1.165) is 29.7 Å². The highest BCUT2D eigenvalue weighted by Crippen LogP contribution is 2.31. The average molecular weight is 392 g/mol. The molecule has 6 nitrogen and oxygen atoms in total. The van der Waals surface area contributed by atoms with E-state index in [1.807, 2.05) is 12.1 Å². The number of halogens is 1. The van der Waals surface area contributed by atoms with Crippen molar-refractivity contribution in [3.05, 3.63) is 76.6 Å². The molecule has 0 N–H and O–H groups in total. The molecule has 3 aromatic rings. The lowest BCUT2D eigenvalue weighted by Crippen LogP contribution is -2.35. The average Bonchev–Trinajstić information content (AvgIpc) is 2.76. The van der Waals surface area contributed by atoms with E-state index in [1.165, 1.54) is 25.3 Å². The van der Waals surface area contributed by atoms with Gasteiger partial charge in [-0.15, -0.1) is 0 Å². The van der Waals surface area contributed by atoms with E-state index in [1.54, 1.807) is 30.1 Å². The molecule has 0 amide bonds. The molecule has 0 spiro atoms. The lowest BCUT2D eigenvalue weighted by atomic mass is 10.00. The second-order valence-corrected chi connectivity index (χ2v) is 6.86. The first-order valence-electron chi connectivity index (χ1n) is 9.33. The summed E-state index contributed by atoms with van der Waals surface area (Å²) < 4.78 is 20.5. The molecule has 4 rings (SSSR count). The fourth-order valence-electron chi connectivity index (χ4n) is 3.52. The highest BCUT2D eigenvalue weighted by Gasteiger charge is 2.21. The van der Waals surface area contributed by atoms with Gasteiger partial charge in [-0.2, -0.15) is 0 Å². The summed E-state index contributed by atoms with van der Waals surface area (Å²) in [7, 11) is 3.25. The van der Waals surface area contributed by atoms with Crippen molar-refractivity contribution in [3.63, 3.8) is 0 Å². The first-order valence-corrected chi connectivity index (χ1v) is 9.33. The fraction of sp³-hybridized carbons (Fsp3) is 0.227. The second-order valence-electron chi connectivity index (χ2n) is 6.86. The maximum absolute atomic E-state index is 13.6. The Morgan fingerprint density at radius 3 is 2.69 bits per heavy atom. The summed E-state index contributed by atoms with van der Waals surface area (Å²) in [6.45, 7) is 1.27. The SMILES string of the molecule is COc1cc(F)ccc1C1=CCCN(c2nc(-c3ccncc3)cc(=O)n2C)C1. The molecule has 0 radical (unpaired) electrons. The highest BCUT2D eigenvalue weighted by molar-refractivity contribution is 5.75. The van der Waals surface area contributed by atoms with Crippen molar-refractivity contribution in [2.75, 3.05) is 25.1 Å². The minimum Gasteiger partial charge on any atom is -0.496 e. The Morgan fingerprint density at radius 1 is 1.14 bits per heavy atom. The van der Waals surface area contributed by atoms with Crippen LogP contribution in [-0.2, 0) is 7.05 Å². The normalized spacial score (nSPS) is 13.9. The largest absolute Gasteiger partial charge is 0.496 e. The molecule has 0 saturated carbocycles. The van der Waals surface area contributed by atoms with E-state index in [-0.39, 0.29) is 11.4 Å². The summed E-state index contributed by atoms with van der Waals surface area (Å²) in [6.07, 6.45) is 6.26. The minimum atomic E-state index is -0.340. The van der Waals surface area contributed by atoms with Crippen molar-refractivity contribution >= 4 is 11.5 Å². The van der Waals surface area contributed by atoms with Gasteiger partial charge in [0.1, 0.15) is 11.6 Å². The predicted octanol–water partition coefficient (Wildman–Crippen LogP) is 3.28. The zero-order chi connectivity index (χ0) is 20.4. The summed E-state index contributed by atoms with van der Waals surface area (Å²) in [5.41, 5.74) is 3.18. The summed E-state index contributed by atoms with van der Waals surface area (Å²) in [6, 6.07) is 9.72. The van der Waals surface area contributed by atoms with Crippen molar-refractivity contribution in [3.8, 4) is 17.0 Å². The minimum absolute atomic E-state index is 0.128. The van der Waals surface area contributed by atoms with Crippen LogP contribution >= 0.6 is 0 Å². The summed E-state index contributed by atoms with van der Waals surface area (Å²) in [4.78, 5) is 23.4. The van der Waals surface area contributed by atoms with Gasteiger partial charge in [-0.05, 0) is 36.3 Å². The van der Waals surface area contributed by atoms with Crippen molar-refractivity contribution in [1.82, 2.24) is 14.5 Å². The van der Waals surface area contributed by atoms with Crippen LogP contribution in [0.15, 0.2) is 59.7 Å². The Labute approximate surface area is 167 Å². The van der Waals surface area contributed by atoms with Gasteiger partial charge >= 0.3 is 0 Å². The molecular weight excluding hydrogens is 371 g/mol. The number of pyridine rings is 1. The molecule has 148 valence electrons. The number of hydrogen-bond acceptors (Lipinski definition) is 5. The van der Waals surface area contributed by atoms with Crippen LogP contribution < -0.4 is 15.2 Å². The predicted molar refractivity (Wildman–Crippen MR) is 110 cm³/mol. The lowest BCUT2D eigenvalue weighted by molar-refractivity contribution is 0.410. The van der Waals surface area contributed by atoms with Crippen molar-refractivity contribution in [2.24, 2.45) is 7.05 Å². The zero-order valence-corrected chi connectivity index (χ0v) is 16.3. The van der Waals surface area contributed by atoms with Gasteiger partial charge in [-0.3, -0.25) is 14.3 Å². The van der Waals surface area contributed by atoms with Gasteiger partial charge in [0.15, 0.2) is 0 Å². The van der Waals surface area contributed by atoms with Crippen LogP contribution in [0.2, 0.25) is 0 Å². The maximum atomic E-state index is 13.6. The van der Waals surface area contributed by atoms with Crippen LogP contribution in [0.25, 0.3) is 16.8 Å². The van der Waals surface area contributed by atoms with Crippen LogP contribution in [-0.4, -0.2) is 34.7 Å². The zero-order valence-electron chi connectivity index (χ0n) is 16.3. The molecule has 1 aromatic carbocycles. The highest BCUT2D eigenvalue weighted by atomic mass is 19.1. The smallest absolute Gasteiger partial charge is 0.255 e. The second kappa shape index (κ2) is 7.87. The van der Waals surface area contributed by atoms with E-state index in [2.05, 4.69) is 16.0 Å². The third-order valence-corrected chi connectivity index (χ3v) is 5.03. The topological polar surface area (TPSA) is 60.2 Å². The van der Waals surface area contributed by atoms with Gasteiger partial charge < -0.3 is 9.64 Å². The third kappa shape index (κ3) is 3.76. The number of anilines is 1. The molecule has 0 atom stereocenters. The molecule has 7 heteroatoms. The van der Waals surface area contributed by atoms with E-state index in [4.69, 9.17) is 9.72 Å². The van der Waals surface area contributed by atoms with Gasteiger partial charge in [-0.25, -0.2) is 9.37 Å². The molecule has 2 aromatic heterocycles. The van der Waals surface area contributed by atoms with Crippen molar-refractivity contribution in [2.45, 2.75) is 6.42 Å². The number of hydrogen-bond donors (Lipinski definition) is 0. The molecule has 0 bridgehead atoms. The molecule has 1 aliphatic rings. The number of benzene rings is 1. The molecule has 0 fully saturated rings. The Morgan fingerprint density at radius 2 is 1.93 bits per heavy atom. The number of aromatic nitrogens is 3. The van der Waals surface area contributed by atoms with Crippen molar-refractivity contribution in [1.29, 1.82) is 0 Å². The molecule has 0 saturated heterocycles. The van der Waals surface area contributed by atoms with E-state index < -0.39 is 0 Å². The number of methoxy groups -OCH3 is 1. The van der Waals surface area contributed by atoms with E-state index >= 15 is 0 Å². The molecule has 0 unspecified atom stereocenters. The summed E-state index contributed by atoms with van der Waals surface area (Å²) >= 11 is 0. The number of ether oxygens (including phenoxy) is 1. The molecule has 0 aliphatic carbocycles. The van der Waals surface area contributed by atoms with Crippen LogP contribution in [0, 0.1) is 5.82 Å². The van der Waals surface area contributed by atoms with Crippen LogP contribution in [0.4, 0.5) is 10.3 Å². The Balaban J connectivity index is 1.71. The van der Waals surface area contributed by atoms with Gasteiger partial charge in [-0.1, -0.05) is 6.08 Å². The maximum Gasteiger partial charge on any atom is 0.255 e. The summed E-state index contributed by atoms with van der Waals surface area (Å²) in [5.74, 6) is 0.745. The van der Waals surface area contributed by atoms with Crippen molar-refractivity contribution < 1.29 is 9.13 Å². The van der Waals surface area contributed by atoms with Gasteiger partial charge in [0.25, 0.3) is 5.56 Å². The van der Waals surface area contributed by atoms with E-state index in [9.17, 15) is 9.18 Å². The Bertz CT molecular complexity index is 1130. The molecular formula is C22H21FN4O2. The first-order chi connectivity index (χ1) is 14.1. The molecule has 1 aliphatic heterocycles.